The van der Waals surface area contributed by atoms with Crippen molar-refractivity contribution in [3.8, 4) is 5.75 Å². The van der Waals surface area contributed by atoms with Crippen LogP contribution in [0, 0.1) is 0 Å². The maximum atomic E-state index is 9.20. The van der Waals surface area contributed by atoms with Crippen molar-refractivity contribution in [2.45, 2.75) is 19.8 Å². The average molecular weight is 186 g/mol. The molecule has 1 aromatic carbocycles. The van der Waals surface area contributed by atoms with Gasteiger partial charge in [0.15, 0.2) is 0 Å². The molecule has 1 aromatic rings. The summed E-state index contributed by atoms with van der Waals surface area (Å²) < 4.78 is 0. The van der Waals surface area contributed by atoms with Crippen molar-refractivity contribution >= 4 is 17.3 Å². The molecule has 3 heteroatoms. The van der Waals surface area contributed by atoms with Crippen LogP contribution in [0.5, 0.6) is 5.75 Å². The van der Waals surface area contributed by atoms with E-state index in [-0.39, 0.29) is 5.75 Å². The molecule has 1 rings (SSSR count). The highest BCUT2D eigenvalue weighted by molar-refractivity contribution is 6.31. The Kier molecular flexibility index (Phi) is 2.48. The third-order valence-corrected chi connectivity index (χ3v) is 2.10. The van der Waals surface area contributed by atoms with E-state index in [4.69, 9.17) is 17.3 Å². The van der Waals surface area contributed by atoms with Gasteiger partial charge in [0, 0.05) is 11.1 Å². The number of aromatic hydroxyl groups is 1. The summed E-state index contributed by atoms with van der Waals surface area (Å²) in [6.07, 6.45) is 0. The summed E-state index contributed by atoms with van der Waals surface area (Å²) in [5.41, 5.74) is 6.86. The fraction of sp³-hybridized carbons (Fsp3) is 0.333. The number of nitrogen functional groups attached to an aromatic ring is 1. The van der Waals surface area contributed by atoms with Gasteiger partial charge in [-0.2, -0.15) is 0 Å². The highest BCUT2D eigenvalue weighted by Gasteiger charge is 2.08. The molecule has 0 atom stereocenters. The minimum Gasteiger partial charge on any atom is -0.506 e. The molecule has 0 saturated carbocycles. The number of phenols is 1. The Morgan fingerprint density at radius 2 is 2.00 bits per heavy atom. The van der Waals surface area contributed by atoms with Crippen molar-refractivity contribution < 1.29 is 5.11 Å². The molecule has 0 saturated heterocycles. The lowest BCUT2D eigenvalue weighted by molar-refractivity contribution is 0.477. The van der Waals surface area contributed by atoms with E-state index in [0.717, 1.165) is 5.56 Å². The van der Waals surface area contributed by atoms with Gasteiger partial charge in [0.1, 0.15) is 5.75 Å². The van der Waals surface area contributed by atoms with Crippen LogP contribution in [0.2, 0.25) is 5.02 Å². The summed E-state index contributed by atoms with van der Waals surface area (Å²) in [5.74, 6) is 0.366. The van der Waals surface area contributed by atoms with Crippen molar-refractivity contribution in [3.63, 3.8) is 0 Å². The molecule has 0 bridgehead atoms. The predicted molar refractivity (Wildman–Crippen MR) is 51.6 cm³/mol. The highest BCUT2D eigenvalue weighted by Crippen LogP contribution is 2.32. The summed E-state index contributed by atoms with van der Waals surface area (Å²) >= 11 is 5.88. The van der Waals surface area contributed by atoms with Crippen LogP contribution in [0.3, 0.4) is 0 Å². The second kappa shape index (κ2) is 3.23. The van der Waals surface area contributed by atoms with Crippen LogP contribution >= 0.6 is 11.6 Å². The molecule has 0 amide bonds. The van der Waals surface area contributed by atoms with E-state index in [1.807, 2.05) is 13.8 Å². The number of nitrogens with two attached hydrogens (primary N) is 1. The number of rotatable bonds is 1. The van der Waals surface area contributed by atoms with Crippen LogP contribution < -0.4 is 5.73 Å². The minimum absolute atomic E-state index is 0.0457. The quantitative estimate of drug-likeness (QED) is 0.522. The maximum absolute atomic E-state index is 9.20. The Hall–Kier alpha value is -0.890. The predicted octanol–water partition coefficient (Wildman–Crippen LogP) is 2.75. The normalized spacial score (nSPS) is 10.7. The largest absolute Gasteiger partial charge is 0.506 e. The van der Waals surface area contributed by atoms with Crippen molar-refractivity contribution in [3.05, 3.63) is 22.7 Å². The summed E-state index contributed by atoms with van der Waals surface area (Å²) in [7, 11) is 0. The Labute approximate surface area is 77.0 Å². The van der Waals surface area contributed by atoms with Crippen molar-refractivity contribution in [1.82, 2.24) is 0 Å². The molecule has 0 aromatic heterocycles. The standard InChI is InChI=1S/C9H12ClNO/c1-5(2)6-3-8(11)9(12)4-7(6)10/h3-5,12H,11H2,1-2H3. The second-order valence-corrected chi connectivity index (χ2v) is 3.49. The van der Waals surface area contributed by atoms with E-state index in [2.05, 4.69) is 0 Å². The third-order valence-electron chi connectivity index (χ3n) is 1.77. The lowest BCUT2D eigenvalue weighted by Crippen LogP contribution is -1.93. The smallest absolute Gasteiger partial charge is 0.139 e. The van der Waals surface area contributed by atoms with Crippen LogP contribution in [0.1, 0.15) is 25.3 Å². The molecule has 0 aliphatic heterocycles. The molecule has 0 unspecified atom stereocenters. The number of halogens is 1. The van der Waals surface area contributed by atoms with Gasteiger partial charge >= 0.3 is 0 Å². The van der Waals surface area contributed by atoms with Crippen LogP contribution in [-0.2, 0) is 0 Å². The van der Waals surface area contributed by atoms with Gasteiger partial charge in [-0.05, 0) is 17.5 Å². The average Bonchev–Trinajstić information content (AvgIpc) is 1.96. The number of benzene rings is 1. The van der Waals surface area contributed by atoms with E-state index >= 15 is 0 Å². The zero-order valence-electron chi connectivity index (χ0n) is 7.13. The van der Waals surface area contributed by atoms with Crippen LogP contribution in [0.4, 0.5) is 5.69 Å². The molecule has 0 aliphatic rings. The molecular formula is C9H12ClNO. The SMILES string of the molecule is CC(C)c1cc(N)c(O)cc1Cl. The Morgan fingerprint density at radius 1 is 1.42 bits per heavy atom. The van der Waals surface area contributed by atoms with Crippen LogP contribution in [0.25, 0.3) is 0 Å². The molecule has 0 heterocycles. The van der Waals surface area contributed by atoms with Crippen molar-refractivity contribution in [1.29, 1.82) is 0 Å². The Bertz CT molecular complexity index is 297. The molecule has 0 radical (unpaired) electrons. The molecule has 0 aliphatic carbocycles. The summed E-state index contributed by atoms with van der Waals surface area (Å²) in [6, 6.07) is 3.19. The van der Waals surface area contributed by atoms with Gasteiger partial charge in [0.05, 0.1) is 5.69 Å². The van der Waals surface area contributed by atoms with Gasteiger partial charge in [-0.3, -0.25) is 0 Å². The van der Waals surface area contributed by atoms with Gasteiger partial charge in [-0.15, -0.1) is 0 Å². The van der Waals surface area contributed by atoms with E-state index in [9.17, 15) is 5.11 Å². The first-order chi connectivity index (χ1) is 5.52. The zero-order chi connectivity index (χ0) is 9.30. The summed E-state index contributed by atoms with van der Waals surface area (Å²) in [6.45, 7) is 4.05. The summed E-state index contributed by atoms with van der Waals surface area (Å²) in [4.78, 5) is 0. The van der Waals surface area contributed by atoms with E-state index in [0.29, 0.717) is 16.6 Å². The molecule has 0 fully saturated rings. The van der Waals surface area contributed by atoms with Gasteiger partial charge in [0.2, 0.25) is 0 Å². The maximum Gasteiger partial charge on any atom is 0.139 e. The van der Waals surface area contributed by atoms with E-state index in [1.165, 1.54) is 6.07 Å². The van der Waals surface area contributed by atoms with Gasteiger partial charge < -0.3 is 10.8 Å². The number of hydrogen-bond donors (Lipinski definition) is 2. The number of phenolic OH excluding ortho intramolecular Hbond substituents is 1. The zero-order valence-corrected chi connectivity index (χ0v) is 7.89. The summed E-state index contributed by atoms with van der Waals surface area (Å²) in [5, 5.41) is 9.76. The van der Waals surface area contributed by atoms with Gasteiger partial charge in [0.25, 0.3) is 0 Å². The Balaban J connectivity index is 3.23. The molecule has 0 spiro atoms. The Morgan fingerprint density at radius 3 is 2.50 bits per heavy atom. The molecule has 12 heavy (non-hydrogen) atoms. The van der Waals surface area contributed by atoms with Gasteiger partial charge in [-0.1, -0.05) is 25.4 Å². The topological polar surface area (TPSA) is 46.2 Å². The van der Waals surface area contributed by atoms with Gasteiger partial charge in [-0.25, -0.2) is 0 Å². The first-order valence-electron chi connectivity index (χ1n) is 3.80. The highest BCUT2D eigenvalue weighted by atomic mass is 35.5. The van der Waals surface area contributed by atoms with E-state index in [1.54, 1.807) is 6.07 Å². The van der Waals surface area contributed by atoms with E-state index < -0.39 is 0 Å². The van der Waals surface area contributed by atoms with Crippen molar-refractivity contribution in [2.75, 3.05) is 5.73 Å². The van der Waals surface area contributed by atoms with Crippen LogP contribution in [0.15, 0.2) is 12.1 Å². The first kappa shape index (κ1) is 9.20. The number of anilines is 1. The third kappa shape index (κ3) is 1.64. The lowest BCUT2D eigenvalue weighted by Gasteiger charge is -2.09. The van der Waals surface area contributed by atoms with Crippen LogP contribution in [-0.4, -0.2) is 5.11 Å². The minimum atomic E-state index is 0.0457. The molecular weight excluding hydrogens is 174 g/mol. The first-order valence-corrected chi connectivity index (χ1v) is 4.18. The second-order valence-electron chi connectivity index (χ2n) is 3.09. The molecule has 66 valence electrons. The fourth-order valence-corrected chi connectivity index (χ4v) is 1.42. The van der Waals surface area contributed by atoms with Crippen molar-refractivity contribution in [2.24, 2.45) is 0 Å². The number of hydrogen-bond acceptors (Lipinski definition) is 2. The monoisotopic (exact) mass is 185 g/mol. The molecule has 3 N–H and O–H groups in total. The lowest BCUT2D eigenvalue weighted by atomic mass is 10.0. The molecule has 2 nitrogen and oxygen atoms in total. The fourth-order valence-electron chi connectivity index (χ4n) is 1.04.